The van der Waals surface area contributed by atoms with Crippen molar-refractivity contribution in [1.29, 1.82) is 0 Å². The minimum atomic E-state index is -0.924. The van der Waals surface area contributed by atoms with E-state index in [-0.39, 0.29) is 0 Å². The summed E-state index contributed by atoms with van der Waals surface area (Å²) < 4.78 is 18.4. The fraction of sp³-hybridized carbons (Fsp3) is 0.235. The van der Waals surface area contributed by atoms with Gasteiger partial charge >= 0.3 is 0 Å². The van der Waals surface area contributed by atoms with Crippen LogP contribution in [-0.2, 0) is 17.6 Å². The summed E-state index contributed by atoms with van der Waals surface area (Å²) in [6.07, 6.45) is 5.84. The standard InChI is InChI=1S/C34H34O3S/c35-29-19-22-33-28(25-29)13-10-16-32(26-11-4-1-5-12-26)34(33)27-17-20-30(21-18-27)37-23-8-3-9-24-38(36)31-14-6-2-7-15-31/h1-2,4-7,11-12,14-15,17-22,25,35H,3,8-10,13,16,23-24H2. The third-order valence-electron chi connectivity index (χ3n) is 7.05. The van der Waals surface area contributed by atoms with Crippen LogP contribution < -0.4 is 4.74 Å². The molecule has 0 fully saturated rings. The number of rotatable bonds is 10. The zero-order chi connectivity index (χ0) is 26.2. The Morgan fingerprint density at radius 3 is 2.24 bits per heavy atom. The van der Waals surface area contributed by atoms with Gasteiger partial charge in [-0.25, -0.2) is 0 Å². The molecule has 1 atom stereocenters. The van der Waals surface area contributed by atoms with E-state index in [1.54, 1.807) is 6.07 Å². The number of aromatic hydroxyl groups is 1. The summed E-state index contributed by atoms with van der Waals surface area (Å²) >= 11 is -0.924. The van der Waals surface area contributed by atoms with Gasteiger partial charge in [0.05, 0.1) is 6.61 Å². The van der Waals surface area contributed by atoms with Gasteiger partial charge in [-0.2, -0.15) is 0 Å². The van der Waals surface area contributed by atoms with Crippen LogP contribution in [0.3, 0.4) is 0 Å². The van der Waals surface area contributed by atoms with Crippen LogP contribution in [0, 0.1) is 0 Å². The van der Waals surface area contributed by atoms with Crippen molar-refractivity contribution in [3.05, 3.63) is 125 Å². The Labute approximate surface area is 229 Å². The summed E-state index contributed by atoms with van der Waals surface area (Å²) in [6, 6.07) is 34.5. The molecule has 0 radical (unpaired) electrons. The van der Waals surface area contributed by atoms with E-state index in [1.165, 1.54) is 27.8 Å². The van der Waals surface area contributed by atoms with Gasteiger partial charge in [0.2, 0.25) is 0 Å². The molecule has 38 heavy (non-hydrogen) atoms. The van der Waals surface area contributed by atoms with E-state index in [0.717, 1.165) is 54.7 Å². The van der Waals surface area contributed by atoms with Crippen molar-refractivity contribution in [3.8, 4) is 11.5 Å². The molecule has 4 aromatic carbocycles. The molecule has 3 nitrogen and oxygen atoms in total. The minimum Gasteiger partial charge on any atom is -0.611 e. The second kappa shape index (κ2) is 12.9. The molecule has 0 spiro atoms. The molecule has 194 valence electrons. The van der Waals surface area contributed by atoms with Crippen LogP contribution in [0.4, 0.5) is 0 Å². The van der Waals surface area contributed by atoms with Gasteiger partial charge < -0.3 is 14.4 Å². The van der Waals surface area contributed by atoms with Crippen molar-refractivity contribution >= 4 is 22.3 Å². The van der Waals surface area contributed by atoms with Crippen LogP contribution >= 0.6 is 0 Å². The molecular weight excluding hydrogens is 488 g/mol. The lowest BCUT2D eigenvalue weighted by Gasteiger charge is -2.17. The topological polar surface area (TPSA) is 52.5 Å². The predicted octanol–water partition coefficient (Wildman–Crippen LogP) is 8.04. The molecule has 1 unspecified atom stereocenters. The lowest BCUT2D eigenvalue weighted by molar-refractivity contribution is 0.306. The van der Waals surface area contributed by atoms with Gasteiger partial charge in [0.15, 0.2) is 4.90 Å². The monoisotopic (exact) mass is 522 g/mol. The first kappa shape index (κ1) is 26.1. The summed E-state index contributed by atoms with van der Waals surface area (Å²) in [6.45, 7) is 0.650. The number of unbranched alkanes of at least 4 members (excludes halogenated alkanes) is 2. The molecule has 4 heteroatoms. The van der Waals surface area contributed by atoms with Crippen molar-refractivity contribution in [2.24, 2.45) is 0 Å². The quantitative estimate of drug-likeness (QED) is 0.169. The van der Waals surface area contributed by atoms with E-state index in [0.29, 0.717) is 18.1 Å². The molecule has 4 aromatic rings. The molecule has 0 bridgehead atoms. The Morgan fingerprint density at radius 2 is 1.47 bits per heavy atom. The minimum absolute atomic E-state index is 0.321. The van der Waals surface area contributed by atoms with Gasteiger partial charge in [0.25, 0.3) is 0 Å². The van der Waals surface area contributed by atoms with E-state index in [2.05, 4.69) is 60.7 Å². The molecule has 1 N–H and O–H groups in total. The number of hydrogen-bond acceptors (Lipinski definition) is 3. The zero-order valence-corrected chi connectivity index (χ0v) is 22.5. The zero-order valence-electron chi connectivity index (χ0n) is 21.6. The highest BCUT2D eigenvalue weighted by Gasteiger charge is 2.20. The van der Waals surface area contributed by atoms with Crippen LogP contribution in [0.25, 0.3) is 11.1 Å². The first-order chi connectivity index (χ1) is 18.7. The maximum Gasteiger partial charge on any atom is 0.152 e. The Balaban J connectivity index is 1.25. The van der Waals surface area contributed by atoms with Gasteiger partial charge in [-0.05, 0) is 119 Å². The fourth-order valence-electron chi connectivity index (χ4n) is 5.14. The summed E-state index contributed by atoms with van der Waals surface area (Å²) in [4.78, 5) is 0.905. The molecule has 0 saturated carbocycles. The van der Waals surface area contributed by atoms with Crippen molar-refractivity contribution in [2.45, 2.75) is 43.4 Å². The van der Waals surface area contributed by atoms with Gasteiger partial charge in [-0.3, -0.25) is 0 Å². The molecule has 5 rings (SSSR count). The maximum absolute atomic E-state index is 12.4. The smallest absolute Gasteiger partial charge is 0.152 e. The van der Waals surface area contributed by atoms with E-state index < -0.39 is 11.2 Å². The first-order valence-corrected chi connectivity index (χ1v) is 14.8. The largest absolute Gasteiger partial charge is 0.611 e. The first-order valence-electron chi connectivity index (χ1n) is 13.5. The van der Waals surface area contributed by atoms with Gasteiger partial charge in [0, 0.05) is 0 Å². The van der Waals surface area contributed by atoms with E-state index >= 15 is 0 Å². The average Bonchev–Trinajstić information content (AvgIpc) is 3.15. The number of allylic oxidation sites excluding steroid dienone is 1. The molecule has 0 aliphatic heterocycles. The van der Waals surface area contributed by atoms with Crippen LogP contribution in [0.5, 0.6) is 11.5 Å². The van der Waals surface area contributed by atoms with E-state index in [1.807, 2.05) is 36.4 Å². The van der Waals surface area contributed by atoms with Crippen LogP contribution in [0.2, 0.25) is 0 Å². The Bertz CT molecular complexity index is 1350. The second-order valence-electron chi connectivity index (χ2n) is 9.71. The van der Waals surface area contributed by atoms with Crippen molar-refractivity contribution in [3.63, 3.8) is 0 Å². The lowest BCUT2D eigenvalue weighted by atomic mass is 9.88. The Morgan fingerprint density at radius 1 is 0.737 bits per heavy atom. The number of fused-ring (bicyclic) bond motifs is 1. The van der Waals surface area contributed by atoms with Crippen molar-refractivity contribution < 1.29 is 14.4 Å². The highest BCUT2D eigenvalue weighted by atomic mass is 32.2. The molecule has 0 amide bonds. The third kappa shape index (κ3) is 6.50. The van der Waals surface area contributed by atoms with Crippen molar-refractivity contribution in [2.75, 3.05) is 12.4 Å². The van der Waals surface area contributed by atoms with Crippen LogP contribution in [-0.4, -0.2) is 22.0 Å². The number of benzene rings is 4. The number of ether oxygens (including phenoxy) is 1. The summed E-state index contributed by atoms with van der Waals surface area (Å²) in [5.41, 5.74) is 7.38. The molecule has 0 heterocycles. The SMILES string of the molecule is [O-][S+](CCCCCOc1ccc(C2=C(c3ccccc3)CCCc3cc(O)ccc32)cc1)c1ccccc1. The van der Waals surface area contributed by atoms with Crippen LogP contribution in [0.15, 0.2) is 108 Å². The van der Waals surface area contributed by atoms with Gasteiger partial charge in [-0.1, -0.05) is 66.7 Å². The van der Waals surface area contributed by atoms with E-state index in [9.17, 15) is 9.66 Å². The second-order valence-corrected chi connectivity index (χ2v) is 11.3. The summed E-state index contributed by atoms with van der Waals surface area (Å²) in [5.74, 6) is 1.88. The fourth-order valence-corrected chi connectivity index (χ4v) is 6.30. The van der Waals surface area contributed by atoms with Gasteiger partial charge in [-0.15, -0.1) is 0 Å². The number of hydrogen-bond donors (Lipinski definition) is 1. The van der Waals surface area contributed by atoms with Crippen molar-refractivity contribution in [1.82, 2.24) is 0 Å². The molecule has 1 aliphatic rings. The van der Waals surface area contributed by atoms with E-state index in [4.69, 9.17) is 4.74 Å². The third-order valence-corrected chi connectivity index (χ3v) is 8.50. The molecule has 0 saturated heterocycles. The highest BCUT2D eigenvalue weighted by Crippen LogP contribution is 2.41. The maximum atomic E-state index is 12.4. The number of phenolic OH excluding ortho intramolecular Hbond substituents is 1. The predicted molar refractivity (Wildman–Crippen MR) is 157 cm³/mol. The van der Waals surface area contributed by atoms with Gasteiger partial charge in [0.1, 0.15) is 17.3 Å². The molecule has 0 aromatic heterocycles. The highest BCUT2D eigenvalue weighted by molar-refractivity contribution is 7.91. The number of phenols is 1. The normalized spacial score (nSPS) is 14.0. The molecule has 1 aliphatic carbocycles. The lowest BCUT2D eigenvalue weighted by Crippen LogP contribution is -2.07. The molecular formula is C34H34O3S. The Kier molecular flexibility index (Phi) is 8.85. The average molecular weight is 523 g/mol. The Hall–Kier alpha value is -3.47. The number of aryl methyl sites for hydroxylation is 1. The summed E-state index contributed by atoms with van der Waals surface area (Å²) in [5, 5.41) is 10.1. The van der Waals surface area contributed by atoms with Crippen LogP contribution in [0.1, 0.15) is 54.4 Å². The summed E-state index contributed by atoms with van der Waals surface area (Å²) in [7, 11) is 0.